The van der Waals surface area contributed by atoms with E-state index < -0.39 is 0 Å². The Balaban J connectivity index is 2.05. The van der Waals surface area contributed by atoms with E-state index in [1.165, 1.54) is 0 Å². The van der Waals surface area contributed by atoms with Gasteiger partial charge in [-0.1, -0.05) is 47.1 Å². The van der Waals surface area contributed by atoms with Gasteiger partial charge in [0.15, 0.2) is 5.76 Å². The SMILES string of the molecule is Cc1c(Cl)ccc2c3ccccc3c3noc(-c4ccc(O)cc4)c3c12. The standard InChI is InChI=1S/C22H14ClNO2/c1-12-18(23)11-10-16-15-4-2-3-5-17(15)21-20(19(12)16)22(26-24-21)13-6-8-14(25)9-7-13/h2-11,25H,1H3. The van der Waals surface area contributed by atoms with Crippen molar-refractivity contribution in [2.45, 2.75) is 6.92 Å². The highest BCUT2D eigenvalue weighted by Crippen LogP contribution is 2.42. The van der Waals surface area contributed by atoms with Gasteiger partial charge in [0.25, 0.3) is 0 Å². The molecule has 126 valence electrons. The molecule has 4 heteroatoms. The molecule has 0 aliphatic heterocycles. The zero-order valence-corrected chi connectivity index (χ0v) is 14.7. The van der Waals surface area contributed by atoms with Gasteiger partial charge in [0, 0.05) is 21.4 Å². The quantitative estimate of drug-likeness (QED) is 0.349. The van der Waals surface area contributed by atoms with Crippen molar-refractivity contribution in [2.24, 2.45) is 0 Å². The van der Waals surface area contributed by atoms with Crippen LogP contribution in [0.15, 0.2) is 65.2 Å². The predicted molar refractivity (Wildman–Crippen MR) is 106 cm³/mol. The number of halogens is 1. The van der Waals surface area contributed by atoms with Crippen LogP contribution in [-0.2, 0) is 0 Å². The molecule has 0 spiro atoms. The number of aryl methyl sites for hydroxylation is 1. The van der Waals surface area contributed by atoms with E-state index in [4.69, 9.17) is 16.1 Å². The fraction of sp³-hybridized carbons (Fsp3) is 0.0455. The summed E-state index contributed by atoms with van der Waals surface area (Å²) in [4.78, 5) is 0. The number of aromatic nitrogens is 1. The maximum atomic E-state index is 9.60. The largest absolute Gasteiger partial charge is 0.508 e. The molecule has 0 saturated heterocycles. The van der Waals surface area contributed by atoms with E-state index in [2.05, 4.69) is 23.4 Å². The van der Waals surface area contributed by atoms with E-state index in [0.29, 0.717) is 10.8 Å². The highest BCUT2D eigenvalue weighted by molar-refractivity contribution is 6.35. The molecule has 0 saturated carbocycles. The smallest absolute Gasteiger partial charge is 0.175 e. The van der Waals surface area contributed by atoms with Crippen LogP contribution in [-0.4, -0.2) is 10.3 Å². The van der Waals surface area contributed by atoms with Crippen LogP contribution in [0.5, 0.6) is 5.75 Å². The summed E-state index contributed by atoms with van der Waals surface area (Å²) in [5, 5.41) is 20.0. The Morgan fingerprint density at radius 2 is 1.58 bits per heavy atom. The average molecular weight is 360 g/mol. The van der Waals surface area contributed by atoms with Crippen molar-refractivity contribution in [2.75, 3.05) is 0 Å². The van der Waals surface area contributed by atoms with Crippen LogP contribution in [0.4, 0.5) is 0 Å². The summed E-state index contributed by atoms with van der Waals surface area (Å²) in [6, 6.07) is 19.1. The van der Waals surface area contributed by atoms with E-state index in [-0.39, 0.29) is 5.75 Å². The fourth-order valence-electron chi connectivity index (χ4n) is 3.67. The second-order valence-corrected chi connectivity index (χ2v) is 6.83. The number of hydrogen-bond donors (Lipinski definition) is 1. The lowest BCUT2D eigenvalue weighted by molar-refractivity contribution is 0.441. The van der Waals surface area contributed by atoms with Crippen LogP contribution >= 0.6 is 11.6 Å². The summed E-state index contributed by atoms with van der Waals surface area (Å²) in [7, 11) is 0. The first-order valence-electron chi connectivity index (χ1n) is 8.33. The third-order valence-corrected chi connectivity index (χ3v) is 5.35. The number of hydrogen-bond acceptors (Lipinski definition) is 3. The van der Waals surface area contributed by atoms with E-state index in [1.54, 1.807) is 12.1 Å². The second-order valence-electron chi connectivity index (χ2n) is 6.42. The molecule has 1 aromatic heterocycles. The van der Waals surface area contributed by atoms with E-state index in [9.17, 15) is 5.11 Å². The van der Waals surface area contributed by atoms with Gasteiger partial charge in [0.05, 0.1) is 5.39 Å². The summed E-state index contributed by atoms with van der Waals surface area (Å²) in [6.07, 6.45) is 0. The van der Waals surface area contributed by atoms with Crippen molar-refractivity contribution >= 4 is 44.0 Å². The van der Waals surface area contributed by atoms with Crippen LogP contribution in [0.3, 0.4) is 0 Å². The first-order valence-corrected chi connectivity index (χ1v) is 8.71. The van der Waals surface area contributed by atoms with Crippen LogP contribution in [0.1, 0.15) is 5.56 Å². The Morgan fingerprint density at radius 3 is 2.35 bits per heavy atom. The van der Waals surface area contributed by atoms with Crippen molar-refractivity contribution in [1.29, 1.82) is 0 Å². The Kier molecular flexibility index (Phi) is 3.21. The van der Waals surface area contributed by atoms with Gasteiger partial charge in [0.1, 0.15) is 11.3 Å². The summed E-state index contributed by atoms with van der Waals surface area (Å²) in [5.74, 6) is 0.897. The number of phenols is 1. The topological polar surface area (TPSA) is 46.3 Å². The average Bonchev–Trinajstić information content (AvgIpc) is 3.10. The number of fused-ring (bicyclic) bond motifs is 6. The molecule has 0 fully saturated rings. The molecule has 0 aliphatic rings. The maximum absolute atomic E-state index is 9.60. The zero-order chi connectivity index (χ0) is 17.8. The summed E-state index contributed by atoms with van der Waals surface area (Å²) < 4.78 is 5.78. The lowest BCUT2D eigenvalue weighted by Gasteiger charge is -2.10. The highest BCUT2D eigenvalue weighted by atomic mass is 35.5. The second kappa shape index (κ2) is 5.48. The van der Waals surface area contributed by atoms with Crippen molar-refractivity contribution in [3.05, 3.63) is 71.2 Å². The van der Waals surface area contributed by atoms with Gasteiger partial charge in [-0.05, 0) is 53.6 Å². The van der Waals surface area contributed by atoms with Gasteiger partial charge in [-0.3, -0.25) is 0 Å². The zero-order valence-electron chi connectivity index (χ0n) is 14.0. The lowest BCUT2D eigenvalue weighted by atomic mass is 9.93. The van der Waals surface area contributed by atoms with Gasteiger partial charge in [-0.15, -0.1) is 0 Å². The molecule has 4 aromatic carbocycles. The minimum atomic E-state index is 0.215. The van der Waals surface area contributed by atoms with Crippen LogP contribution in [0.25, 0.3) is 43.8 Å². The Morgan fingerprint density at radius 1 is 0.846 bits per heavy atom. The van der Waals surface area contributed by atoms with Gasteiger partial charge in [-0.25, -0.2) is 0 Å². The van der Waals surface area contributed by atoms with Gasteiger partial charge in [0.2, 0.25) is 0 Å². The third kappa shape index (κ3) is 2.04. The third-order valence-electron chi connectivity index (χ3n) is 4.94. The monoisotopic (exact) mass is 359 g/mol. The van der Waals surface area contributed by atoms with E-state index >= 15 is 0 Å². The van der Waals surface area contributed by atoms with Gasteiger partial charge in [-0.2, -0.15) is 0 Å². The van der Waals surface area contributed by atoms with Crippen molar-refractivity contribution in [3.8, 4) is 17.1 Å². The van der Waals surface area contributed by atoms with Crippen LogP contribution in [0, 0.1) is 6.92 Å². The minimum Gasteiger partial charge on any atom is -0.508 e. The highest BCUT2D eigenvalue weighted by Gasteiger charge is 2.20. The molecule has 0 radical (unpaired) electrons. The van der Waals surface area contributed by atoms with Crippen molar-refractivity contribution in [3.63, 3.8) is 0 Å². The summed E-state index contributed by atoms with van der Waals surface area (Å²) in [5.41, 5.74) is 2.69. The van der Waals surface area contributed by atoms with E-state index in [0.717, 1.165) is 43.6 Å². The number of rotatable bonds is 1. The Hall–Kier alpha value is -3.04. The van der Waals surface area contributed by atoms with Crippen LogP contribution < -0.4 is 0 Å². The summed E-state index contributed by atoms with van der Waals surface area (Å²) in [6.45, 7) is 2.02. The first-order chi connectivity index (χ1) is 12.6. The van der Waals surface area contributed by atoms with Crippen LogP contribution in [0.2, 0.25) is 5.02 Å². The molecule has 0 atom stereocenters. The number of benzene rings is 4. The van der Waals surface area contributed by atoms with Crippen molar-refractivity contribution in [1.82, 2.24) is 5.16 Å². The molecular formula is C22H14ClNO2. The molecular weight excluding hydrogens is 346 g/mol. The number of nitrogens with zero attached hydrogens (tertiary/aromatic N) is 1. The number of aromatic hydroxyl groups is 1. The first kappa shape index (κ1) is 15.2. The number of phenolic OH excluding ortho intramolecular Hbond substituents is 1. The Labute approximate surface area is 154 Å². The predicted octanol–water partition coefficient (Wildman–Crippen LogP) is 6.47. The van der Waals surface area contributed by atoms with Gasteiger partial charge < -0.3 is 9.63 Å². The summed E-state index contributed by atoms with van der Waals surface area (Å²) >= 11 is 6.44. The molecule has 0 unspecified atom stereocenters. The van der Waals surface area contributed by atoms with Crippen molar-refractivity contribution < 1.29 is 9.63 Å². The molecule has 0 amide bonds. The molecule has 1 heterocycles. The fourth-order valence-corrected chi connectivity index (χ4v) is 3.83. The molecule has 5 rings (SSSR count). The normalized spacial score (nSPS) is 11.6. The lowest BCUT2D eigenvalue weighted by Crippen LogP contribution is -1.87. The van der Waals surface area contributed by atoms with Gasteiger partial charge >= 0.3 is 0 Å². The minimum absolute atomic E-state index is 0.215. The Bertz CT molecular complexity index is 1300. The maximum Gasteiger partial charge on any atom is 0.175 e. The molecule has 5 aromatic rings. The molecule has 0 bridgehead atoms. The molecule has 0 aliphatic carbocycles. The molecule has 26 heavy (non-hydrogen) atoms. The molecule has 1 N–H and O–H groups in total. The van der Waals surface area contributed by atoms with E-state index in [1.807, 2.05) is 37.3 Å². The molecule has 3 nitrogen and oxygen atoms in total.